The van der Waals surface area contributed by atoms with Crippen molar-refractivity contribution in [2.75, 3.05) is 40.4 Å². The van der Waals surface area contributed by atoms with Crippen LogP contribution in [0.3, 0.4) is 0 Å². The molecule has 2 heterocycles. The lowest BCUT2D eigenvalue weighted by molar-refractivity contribution is 0.0781. The third kappa shape index (κ3) is 2.22. The number of methoxy groups -OCH3 is 2. The predicted molar refractivity (Wildman–Crippen MR) is 75.3 cm³/mol. The number of amides is 1. The van der Waals surface area contributed by atoms with E-state index < -0.39 is 0 Å². The maximum atomic E-state index is 12.6. The van der Waals surface area contributed by atoms with Gasteiger partial charge in [-0.1, -0.05) is 0 Å². The number of likely N-dealkylation sites (tertiary alicyclic amines) is 1. The molecule has 2 fully saturated rings. The maximum Gasteiger partial charge on any atom is 0.254 e. The highest BCUT2D eigenvalue weighted by molar-refractivity contribution is 5.95. The number of benzene rings is 1. The lowest BCUT2D eigenvalue weighted by atomic mass is 10.0. The number of carbonyl (C=O) groups is 1. The Morgan fingerprint density at radius 3 is 2.40 bits per heavy atom. The molecule has 5 heteroatoms. The molecular formula is C15H20N2O3. The first-order chi connectivity index (χ1) is 9.72. The van der Waals surface area contributed by atoms with Crippen LogP contribution in [-0.4, -0.2) is 51.2 Å². The van der Waals surface area contributed by atoms with Crippen LogP contribution in [0, 0.1) is 11.8 Å². The molecule has 0 radical (unpaired) electrons. The van der Waals surface area contributed by atoms with E-state index in [1.165, 1.54) is 0 Å². The summed E-state index contributed by atoms with van der Waals surface area (Å²) in [6, 6.07) is 5.34. The van der Waals surface area contributed by atoms with Crippen LogP contribution in [-0.2, 0) is 0 Å². The van der Waals surface area contributed by atoms with Crippen molar-refractivity contribution in [3.05, 3.63) is 23.8 Å². The largest absolute Gasteiger partial charge is 0.493 e. The minimum atomic E-state index is 0.0837. The van der Waals surface area contributed by atoms with Crippen molar-refractivity contribution >= 4 is 5.91 Å². The molecule has 1 aromatic carbocycles. The molecule has 2 atom stereocenters. The minimum Gasteiger partial charge on any atom is -0.493 e. The monoisotopic (exact) mass is 276 g/mol. The molecule has 2 aliphatic rings. The molecule has 0 bridgehead atoms. The summed E-state index contributed by atoms with van der Waals surface area (Å²) < 4.78 is 10.5. The smallest absolute Gasteiger partial charge is 0.254 e. The average molecular weight is 276 g/mol. The van der Waals surface area contributed by atoms with E-state index in [1.54, 1.807) is 32.4 Å². The fourth-order valence-corrected chi connectivity index (χ4v) is 3.17. The van der Waals surface area contributed by atoms with Gasteiger partial charge in [-0.25, -0.2) is 0 Å². The van der Waals surface area contributed by atoms with Crippen LogP contribution in [0.15, 0.2) is 18.2 Å². The maximum absolute atomic E-state index is 12.6. The Morgan fingerprint density at radius 2 is 1.80 bits per heavy atom. The number of nitrogens with zero attached hydrogens (tertiary/aromatic N) is 1. The topological polar surface area (TPSA) is 50.8 Å². The van der Waals surface area contributed by atoms with Crippen molar-refractivity contribution < 1.29 is 14.3 Å². The summed E-state index contributed by atoms with van der Waals surface area (Å²) >= 11 is 0. The molecule has 3 rings (SSSR count). The Kier molecular flexibility index (Phi) is 3.53. The van der Waals surface area contributed by atoms with Gasteiger partial charge in [-0.2, -0.15) is 0 Å². The quantitative estimate of drug-likeness (QED) is 0.894. The summed E-state index contributed by atoms with van der Waals surface area (Å²) in [5.41, 5.74) is 0.663. The molecule has 0 unspecified atom stereocenters. The summed E-state index contributed by atoms with van der Waals surface area (Å²) in [7, 11) is 3.17. The Bertz CT molecular complexity index is 506. The fraction of sp³-hybridized carbons (Fsp3) is 0.533. The summed E-state index contributed by atoms with van der Waals surface area (Å²) in [4.78, 5) is 14.5. The van der Waals surface area contributed by atoms with Crippen LogP contribution in [0.4, 0.5) is 0 Å². The number of nitrogens with one attached hydrogen (secondary N) is 1. The molecule has 5 nitrogen and oxygen atoms in total. The van der Waals surface area contributed by atoms with Gasteiger partial charge in [0.1, 0.15) is 0 Å². The van der Waals surface area contributed by atoms with Gasteiger partial charge in [0, 0.05) is 31.7 Å². The molecule has 2 saturated heterocycles. The lowest BCUT2D eigenvalue weighted by Gasteiger charge is -2.18. The van der Waals surface area contributed by atoms with Crippen molar-refractivity contribution in [2.24, 2.45) is 11.8 Å². The first-order valence-electron chi connectivity index (χ1n) is 6.95. The number of carbonyl (C=O) groups excluding carboxylic acids is 1. The van der Waals surface area contributed by atoms with Crippen LogP contribution < -0.4 is 14.8 Å². The summed E-state index contributed by atoms with van der Waals surface area (Å²) in [5.74, 6) is 2.55. The van der Waals surface area contributed by atoms with Crippen LogP contribution >= 0.6 is 0 Å². The van der Waals surface area contributed by atoms with Crippen LogP contribution in [0.2, 0.25) is 0 Å². The summed E-state index contributed by atoms with van der Waals surface area (Å²) in [6.07, 6.45) is 0. The lowest BCUT2D eigenvalue weighted by Crippen LogP contribution is -2.31. The fourth-order valence-electron chi connectivity index (χ4n) is 3.17. The Morgan fingerprint density at radius 1 is 1.15 bits per heavy atom. The Labute approximate surface area is 118 Å². The highest BCUT2D eigenvalue weighted by atomic mass is 16.5. The van der Waals surface area contributed by atoms with Crippen molar-refractivity contribution in [2.45, 2.75) is 0 Å². The molecule has 0 saturated carbocycles. The molecule has 108 valence electrons. The van der Waals surface area contributed by atoms with Gasteiger partial charge >= 0.3 is 0 Å². The van der Waals surface area contributed by atoms with Gasteiger partial charge < -0.3 is 19.7 Å². The van der Waals surface area contributed by atoms with Gasteiger partial charge in [0.2, 0.25) is 0 Å². The zero-order valence-corrected chi connectivity index (χ0v) is 11.9. The average Bonchev–Trinajstić information content (AvgIpc) is 3.06. The van der Waals surface area contributed by atoms with Crippen LogP contribution in [0.1, 0.15) is 10.4 Å². The van der Waals surface area contributed by atoms with Crippen molar-refractivity contribution in [3.8, 4) is 11.5 Å². The zero-order valence-electron chi connectivity index (χ0n) is 11.9. The molecule has 1 aromatic rings. The van der Waals surface area contributed by atoms with E-state index in [9.17, 15) is 4.79 Å². The Balaban J connectivity index is 1.77. The van der Waals surface area contributed by atoms with E-state index in [0.29, 0.717) is 28.9 Å². The highest BCUT2D eigenvalue weighted by Crippen LogP contribution is 2.31. The van der Waals surface area contributed by atoms with Crippen LogP contribution in [0.25, 0.3) is 0 Å². The van der Waals surface area contributed by atoms with Crippen molar-refractivity contribution in [1.82, 2.24) is 10.2 Å². The number of rotatable bonds is 3. The Hall–Kier alpha value is -1.75. The predicted octanol–water partition coefficient (Wildman–Crippen LogP) is 0.995. The first kappa shape index (κ1) is 13.2. The van der Waals surface area contributed by atoms with Crippen molar-refractivity contribution in [3.63, 3.8) is 0 Å². The second-order valence-corrected chi connectivity index (χ2v) is 5.46. The van der Waals surface area contributed by atoms with Gasteiger partial charge in [-0.3, -0.25) is 4.79 Å². The number of hydrogen-bond acceptors (Lipinski definition) is 4. The highest BCUT2D eigenvalue weighted by Gasteiger charge is 2.38. The van der Waals surface area contributed by atoms with E-state index in [-0.39, 0.29) is 5.91 Å². The second-order valence-electron chi connectivity index (χ2n) is 5.46. The molecule has 0 aliphatic carbocycles. The van der Waals surface area contributed by atoms with E-state index in [4.69, 9.17) is 9.47 Å². The van der Waals surface area contributed by atoms with Gasteiger partial charge in [0.15, 0.2) is 11.5 Å². The summed E-state index contributed by atoms with van der Waals surface area (Å²) in [6.45, 7) is 3.76. The summed E-state index contributed by atoms with van der Waals surface area (Å²) in [5, 5.41) is 3.38. The molecule has 2 aliphatic heterocycles. The SMILES string of the molecule is COc1ccc(C(=O)N2C[C@H]3CNC[C@H]3C2)cc1OC. The van der Waals surface area contributed by atoms with E-state index in [2.05, 4.69) is 5.32 Å². The molecule has 1 amide bonds. The molecule has 0 aromatic heterocycles. The van der Waals surface area contributed by atoms with Crippen LogP contribution in [0.5, 0.6) is 11.5 Å². The third-order valence-electron chi connectivity index (χ3n) is 4.31. The molecule has 20 heavy (non-hydrogen) atoms. The van der Waals surface area contributed by atoms with E-state index in [0.717, 1.165) is 26.2 Å². The third-order valence-corrected chi connectivity index (χ3v) is 4.31. The molecule has 1 N–H and O–H groups in total. The standard InChI is InChI=1S/C15H20N2O3/c1-19-13-4-3-10(5-14(13)20-2)15(18)17-8-11-6-16-7-12(11)9-17/h3-5,11-12,16H,6-9H2,1-2H3/t11-,12+. The van der Waals surface area contributed by atoms with Gasteiger partial charge in [-0.15, -0.1) is 0 Å². The van der Waals surface area contributed by atoms with Crippen molar-refractivity contribution in [1.29, 1.82) is 0 Å². The van der Waals surface area contributed by atoms with Gasteiger partial charge in [0.05, 0.1) is 14.2 Å². The number of ether oxygens (including phenoxy) is 2. The van der Waals surface area contributed by atoms with Gasteiger partial charge in [0.25, 0.3) is 5.91 Å². The van der Waals surface area contributed by atoms with E-state index >= 15 is 0 Å². The first-order valence-corrected chi connectivity index (χ1v) is 6.95. The van der Waals surface area contributed by atoms with Gasteiger partial charge in [-0.05, 0) is 30.0 Å². The second kappa shape index (κ2) is 5.32. The zero-order chi connectivity index (χ0) is 14.1. The molecule has 0 spiro atoms. The molecular weight excluding hydrogens is 256 g/mol. The normalized spacial score (nSPS) is 24.6. The number of hydrogen-bond donors (Lipinski definition) is 1. The minimum absolute atomic E-state index is 0.0837. The number of fused-ring (bicyclic) bond motifs is 1. The van der Waals surface area contributed by atoms with E-state index in [1.807, 2.05) is 4.90 Å².